The van der Waals surface area contributed by atoms with Crippen LogP contribution in [-0.4, -0.2) is 51.3 Å². The Morgan fingerprint density at radius 3 is 2.50 bits per heavy atom. The fraction of sp³-hybridized carbons (Fsp3) is 0.318. The number of carbonyl (C=O) groups excluding carboxylic acids is 1. The molecule has 0 bridgehead atoms. The van der Waals surface area contributed by atoms with Crippen molar-refractivity contribution in [3.8, 4) is 0 Å². The molecule has 32 heavy (non-hydrogen) atoms. The number of fused-ring (bicyclic) bond motifs is 1. The van der Waals surface area contributed by atoms with Gasteiger partial charge in [-0.1, -0.05) is 35.9 Å². The first-order valence-electron chi connectivity index (χ1n) is 9.82. The molecule has 0 aliphatic rings. The van der Waals surface area contributed by atoms with E-state index in [0.29, 0.717) is 22.5 Å². The Morgan fingerprint density at radius 1 is 1.16 bits per heavy atom. The van der Waals surface area contributed by atoms with Gasteiger partial charge in [0.1, 0.15) is 0 Å². The van der Waals surface area contributed by atoms with Crippen molar-refractivity contribution in [2.75, 3.05) is 20.1 Å². The van der Waals surface area contributed by atoms with Crippen molar-refractivity contribution in [1.29, 1.82) is 0 Å². The van der Waals surface area contributed by atoms with Crippen LogP contribution >= 0.6 is 24.0 Å². The lowest BCUT2D eigenvalue weighted by Gasteiger charge is -2.21. The van der Waals surface area contributed by atoms with Crippen molar-refractivity contribution in [2.45, 2.75) is 19.2 Å². The van der Waals surface area contributed by atoms with Gasteiger partial charge in [0, 0.05) is 25.2 Å². The number of para-hydroxylation sites is 1. The van der Waals surface area contributed by atoms with Gasteiger partial charge in [-0.2, -0.15) is 0 Å². The molecule has 3 rings (SSSR count). The first-order chi connectivity index (χ1) is 14.8. The van der Waals surface area contributed by atoms with Crippen LogP contribution < -0.4 is 16.6 Å². The quantitative estimate of drug-likeness (QED) is 0.507. The molecule has 1 heterocycles. The van der Waals surface area contributed by atoms with Crippen LogP contribution in [-0.2, 0) is 24.9 Å². The molecule has 1 atom stereocenters. The average Bonchev–Trinajstić information content (AvgIpc) is 2.74. The summed E-state index contributed by atoms with van der Waals surface area (Å²) in [5.41, 5.74) is 0.525. The average molecular weight is 481 g/mol. The van der Waals surface area contributed by atoms with E-state index < -0.39 is 17.4 Å². The maximum absolute atomic E-state index is 12.7. The maximum Gasteiger partial charge on any atom is 0.331 e. The zero-order valence-electron chi connectivity index (χ0n) is 17.8. The summed E-state index contributed by atoms with van der Waals surface area (Å²) >= 11 is 5.85. The summed E-state index contributed by atoms with van der Waals surface area (Å²) in [5.74, 6) is -0.205. The van der Waals surface area contributed by atoms with Gasteiger partial charge in [0.15, 0.2) is 0 Å². The van der Waals surface area contributed by atoms with Crippen molar-refractivity contribution < 1.29 is 9.90 Å². The number of aromatic nitrogens is 2. The number of hydrogen-bond acceptors (Lipinski definition) is 5. The Balaban J connectivity index is 0.00000363. The van der Waals surface area contributed by atoms with Crippen LogP contribution in [0.4, 0.5) is 0 Å². The van der Waals surface area contributed by atoms with Gasteiger partial charge in [0.05, 0.1) is 30.1 Å². The molecule has 0 spiro atoms. The number of aliphatic hydroxyl groups is 1. The van der Waals surface area contributed by atoms with Crippen molar-refractivity contribution in [3.63, 3.8) is 0 Å². The number of aliphatic hydroxyl groups excluding tert-OH is 1. The van der Waals surface area contributed by atoms with Gasteiger partial charge >= 0.3 is 5.69 Å². The van der Waals surface area contributed by atoms with Crippen molar-refractivity contribution in [3.05, 3.63) is 80.0 Å². The van der Waals surface area contributed by atoms with E-state index in [1.807, 2.05) is 12.1 Å². The van der Waals surface area contributed by atoms with E-state index in [1.54, 1.807) is 55.4 Å². The summed E-state index contributed by atoms with van der Waals surface area (Å²) in [7, 11) is 3.27. The molecule has 0 radical (unpaired) electrons. The van der Waals surface area contributed by atoms with Crippen LogP contribution in [0.1, 0.15) is 5.56 Å². The minimum Gasteiger partial charge on any atom is -0.390 e. The Bertz CT molecular complexity index is 1190. The molecule has 0 saturated carbocycles. The molecule has 2 N–H and O–H groups in total. The molecule has 1 unspecified atom stereocenters. The van der Waals surface area contributed by atoms with Crippen LogP contribution in [0, 0.1) is 0 Å². The zero-order chi connectivity index (χ0) is 22.5. The highest BCUT2D eigenvalue weighted by Gasteiger charge is 2.16. The Hall–Kier alpha value is -2.65. The van der Waals surface area contributed by atoms with Gasteiger partial charge < -0.3 is 10.4 Å². The molecule has 1 amide bonds. The van der Waals surface area contributed by atoms with Gasteiger partial charge in [-0.25, -0.2) is 4.79 Å². The normalized spacial score (nSPS) is 11.9. The highest BCUT2D eigenvalue weighted by atomic mass is 35.5. The topological polar surface area (TPSA) is 96.6 Å². The minimum absolute atomic E-state index is 0. The van der Waals surface area contributed by atoms with Crippen LogP contribution in [0.3, 0.4) is 0 Å². The van der Waals surface area contributed by atoms with Crippen LogP contribution in [0.25, 0.3) is 10.9 Å². The second-order valence-electron chi connectivity index (χ2n) is 7.53. The number of nitrogens with one attached hydrogen (secondary N) is 1. The fourth-order valence-electron chi connectivity index (χ4n) is 3.42. The lowest BCUT2D eigenvalue weighted by molar-refractivity contribution is -0.122. The van der Waals surface area contributed by atoms with Crippen molar-refractivity contribution in [2.24, 2.45) is 7.05 Å². The second-order valence-corrected chi connectivity index (χ2v) is 7.96. The van der Waals surface area contributed by atoms with E-state index in [4.69, 9.17) is 11.6 Å². The second kappa shape index (κ2) is 11.3. The third-order valence-corrected chi connectivity index (χ3v) is 5.24. The molecule has 8 nitrogen and oxygen atoms in total. The number of amides is 1. The third-order valence-electron chi connectivity index (χ3n) is 4.99. The molecule has 0 saturated heterocycles. The molecule has 172 valence electrons. The number of likely N-dealkylation sites (N-methyl/N-ethyl adjacent to an activating group) is 1. The number of hydrogen-bond donors (Lipinski definition) is 2. The zero-order valence-corrected chi connectivity index (χ0v) is 19.4. The highest BCUT2D eigenvalue weighted by molar-refractivity contribution is 6.30. The smallest absolute Gasteiger partial charge is 0.331 e. The predicted molar refractivity (Wildman–Crippen MR) is 127 cm³/mol. The molecule has 10 heteroatoms. The molecular formula is C22H26Cl2N4O4. The molecular weight excluding hydrogens is 455 g/mol. The van der Waals surface area contributed by atoms with E-state index in [2.05, 4.69) is 5.32 Å². The number of rotatable bonds is 8. The van der Waals surface area contributed by atoms with E-state index in [0.717, 1.165) is 10.1 Å². The lowest BCUT2D eigenvalue weighted by Crippen LogP contribution is -2.45. The summed E-state index contributed by atoms with van der Waals surface area (Å²) in [6.45, 7) is 0.397. The SMILES string of the molecule is CN(CC(=O)NCc1ccc(Cl)cc1)CC(O)Cn1c(=O)c2ccccc2n(C)c1=O.Cl. The molecule has 0 aliphatic carbocycles. The Kier molecular flexibility index (Phi) is 9.03. The van der Waals surface area contributed by atoms with Gasteiger partial charge in [-0.05, 0) is 36.9 Å². The monoisotopic (exact) mass is 480 g/mol. The summed E-state index contributed by atoms with van der Waals surface area (Å²) < 4.78 is 2.42. The number of benzene rings is 2. The highest BCUT2D eigenvalue weighted by Crippen LogP contribution is 2.09. The molecule has 3 aromatic rings. The molecule has 0 fully saturated rings. The summed E-state index contributed by atoms with van der Waals surface area (Å²) in [4.78, 5) is 39.1. The Morgan fingerprint density at radius 2 is 1.81 bits per heavy atom. The van der Waals surface area contributed by atoms with E-state index in [-0.39, 0.29) is 37.9 Å². The first-order valence-corrected chi connectivity index (χ1v) is 10.2. The maximum atomic E-state index is 12.7. The summed E-state index contributed by atoms with van der Waals surface area (Å²) in [6.07, 6.45) is -0.999. The van der Waals surface area contributed by atoms with Crippen LogP contribution in [0.2, 0.25) is 5.02 Å². The first kappa shape index (κ1) is 25.6. The van der Waals surface area contributed by atoms with Gasteiger partial charge in [0.25, 0.3) is 5.56 Å². The largest absolute Gasteiger partial charge is 0.390 e. The van der Waals surface area contributed by atoms with Crippen molar-refractivity contribution >= 4 is 40.8 Å². The van der Waals surface area contributed by atoms with E-state index >= 15 is 0 Å². The summed E-state index contributed by atoms with van der Waals surface area (Å²) in [5, 5.41) is 14.3. The molecule has 0 aliphatic heterocycles. The molecule has 2 aromatic carbocycles. The van der Waals surface area contributed by atoms with Crippen molar-refractivity contribution in [1.82, 2.24) is 19.4 Å². The number of aryl methyl sites for hydroxylation is 1. The summed E-state index contributed by atoms with van der Waals surface area (Å²) in [6, 6.07) is 14.0. The number of carbonyl (C=O) groups is 1. The number of nitrogens with zero attached hydrogens (tertiary/aromatic N) is 3. The third kappa shape index (κ3) is 6.20. The predicted octanol–water partition coefficient (Wildman–Crippen LogP) is 1.38. The number of halogens is 2. The van der Waals surface area contributed by atoms with Crippen LogP contribution in [0.15, 0.2) is 58.1 Å². The van der Waals surface area contributed by atoms with Crippen LogP contribution in [0.5, 0.6) is 0 Å². The van der Waals surface area contributed by atoms with Gasteiger partial charge in [-0.3, -0.25) is 23.6 Å². The molecule has 1 aromatic heterocycles. The van der Waals surface area contributed by atoms with Gasteiger partial charge in [0.2, 0.25) is 5.91 Å². The van der Waals surface area contributed by atoms with E-state index in [9.17, 15) is 19.5 Å². The minimum atomic E-state index is -0.999. The van der Waals surface area contributed by atoms with E-state index in [1.165, 1.54) is 4.57 Å². The standard InChI is InChI=1S/C22H25ClN4O4.ClH/c1-25(14-20(29)24-11-15-7-9-16(23)10-8-15)12-17(28)13-27-21(30)18-5-3-4-6-19(18)26(2)22(27)31;/h3-10,17,28H,11-14H2,1-2H3,(H,24,29);1H. The lowest BCUT2D eigenvalue weighted by atomic mass is 10.2. The van der Waals surface area contributed by atoms with Gasteiger partial charge in [-0.15, -0.1) is 12.4 Å². The fourth-order valence-corrected chi connectivity index (χ4v) is 3.55. The Labute approximate surface area is 196 Å².